The molecule has 0 aliphatic carbocycles. The van der Waals surface area contributed by atoms with E-state index in [1.807, 2.05) is 4.90 Å². The number of nitrogens with zero attached hydrogens (tertiary/aromatic N) is 4. The van der Waals surface area contributed by atoms with Gasteiger partial charge in [-0.25, -0.2) is 9.97 Å². The largest absolute Gasteiger partial charge is 0.364 e. The highest BCUT2D eigenvalue weighted by atomic mass is 35.5. The number of amides is 2. The zero-order valence-corrected chi connectivity index (χ0v) is 17.3. The van der Waals surface area contributed by atoms with Crippen LogP contribution in [-0.4, -0.2) is 78.2 Å². The van der Waals surface area contributed by atoms with E-state index in [0.717, 1.165) is 6.42 Å². The van der Waals surface area contributed by atoms with Gasteiger partial charge in [-0.1, -0.05) is 0 Å². The van der Waals surface area contributed by atoms with Crippen molar-refractivity contribution in [1.29, 1.82) is 0 Å². The number of piperazine rings is 1. The Hall–Kier alpha value is -1.68. The van der Waals surface area contributed by atoms with Crippen molar-refractivity contribution in [2.24, 2.45) is 5.73 Å². The molecule has 2 amide bonds. The predicted molar refractivity (Wildman–Crippen MR) is 110 cm³/mol. The average Bonchev–Trinajstić information content (AvgIpc) is 3.18. The van der Waals surface area contributed by atoms with Crippen molar-refractivity contribution in [3.63, 3.8) is 0 Å². The highest BCUT2D eigenvalue weighted by Crippen LogP contribution is 2.18. The van der Waals surface area contributed by atoms with Crippen molar-refractivity contribution in [3.05, 3.63) is 18.5 Å². The maximum atomic E-state index is 12.3. The van der Waals surface area contributed by atoms with Gasteiger partial charge in [0.25, 0.3) is 0 Å². The second-order valence-corrected chi connectivity index (χ2v) is 6.52. The second kappa shape index (κ2) is 12.0. The molecular weight excluding hydrogens is 407 g/mol. The Morgan fingerprint density at radius 2 is 1.82 bits per heavy atom. The lowest BCUT2D eigenvalue weighted by atomic mass is 10.2. The van der Waals surface area contributed by atoms with E-state index in [-0.39, 0.29) is 42.7 Å². The Bertz CT molecular complexity index is 616. The van der Waals surface area contributed by atoms with Gasteiger partial charge < -0.3 is 25.6 Å². The fourth-order valence-electron chi connectivity index (χ4n) is 3.25. The minimum absolute atomic E-state index is 0. The van der Waals surface area contributed by atoms with Crippen LogP contribution >= 0.6 is 24.8 Å². The van der Waals surface area contributed by atoms with Crippen LogP contribution in [0.5, 0.6) is 0 Å². The number of hydrogen-bond acceptors (Lipinski definition) is 7. The van der Waals surface area contributed by atoms with Gasteiger partial charge in [-0.3, -0.25) is 9.59 Å². The van der Waals surface area contributed by atoms with Crippen LogP contribution in [0.3, 0.4) is 0 Å². The number of hydrogen-bond donors (Lipinski definition) is 2. The summed E-state index contributed by atoms with van der Waals surface area (Å²) in [5, 5.41) is 2.79. The lowest BCUT2D eigenvalue weighted by Crippen LogP contribution is -2.49. The average molecular weight is 435 g/mol. The minimum atomic E-state index is -0.437. The molecule has 0 unspecified atom stereocenters. The quantitative estimate of drug-likeness (QED) is 0.646. The number of rotatable bonds is 6. The van der Waals surface area contributed by atoms with E-state index < -0.39 is 6.10 Å². The first-order chi connectivity index (χ1) is 12.7. The molecule has 2 fully saturated rings. The van der Waals surface area contributed by atoms with Crippen LogP contribution in [0.4, 0.5) is 5.95 Å². The molecule has 0 bridgehead atoms. The van der Waals surface area contributed by atoms with Gasteiger partial charge in [-0.05, 0) is 18.9 Å². The van der Waals surface area contributed by atoms with Crippen LogP contribution in [0.2, 0.25) is 0 Å². The molecule has 158 valence electrons. The van der Waals surface area contributed by atoms with Crippen LogP contribution in [0.25, 0.3) is 0 Å². The highest BCUT2D eigenvalue weighted by Gasteiger charge is 2.30. The topological polar surface area (TPSA) is 114 Å². The van der Waals surface area contributed by atoms with Crippen molar-refractivity contribution in [3.8, 4) is 0 Å². The van der Waals surface area contributed by atoms with Gasteiger partial charge in [0.1, 0.15) is 6.10 Å². The van der Waals surface area contributed by atoms with E-state index in [1.165, 1.54) is 0 Å². The fourth-order valence-corrected chi connectivity index (χ4v) is 3.25. The molecular formula is C17H28Cl2N6O3. The molecule has 0 aromatic carbocycles. The van der Waals surface area contributed by atoms with E-state index >= 15 is 0 Å². The van der Waals surface area contributed by atoms with E-state index in [4.69, 9.17) is 10.5 Å². The monoisotopic (exact) mass is 434 g/mol. The molecule has 2 saturated heterocycles. The van der Waals surface area contributed by atoms with E-state index in [2.05, 4.69) is 20.2 Å². The zero-order chi connectivity index (χ0) is 18.4. The number of nitrogens with two attached hydrogens (primary N) is 1. The third-order valence-corrected chi connectivity index (χ3v) is 4.77. The number of halogens is 2. The molecule has 1 aromatic rings. The summed E-state index contributed by atoms with van der Waals surface area (Å²) < 4.78 is 5.55. The van der Waals surface area contributed by atoms with Gasteiger partial charge in [-0.2, -0.15) is 0 Å². The number of carbonyl (C=O) groups is 2. The normalized spacial score (nSPS) is 21.5. The smallest absolute Gasteiger partial charge is 0.249 e. The molecule has 2 atom stereocenters. The highest BCUT2D eigenvalue weighted by molar-refractivity contribution is 5.85. The van der Waals surface area contributed by atoms with Gasteiger partial charge >= 0.3 is 0 Å². The van der Waals surface area contributed by atoms with Gasteiger partial charge in [0, 0.05) is 58.1 Å². The second-order valence-electron chi connectivity index (χ2n) is 6.52. The third kappa shape index (κ3) is 6.44. The number of nitrogens with one attached hydrogen (secondary N) is 1. The summed E-state index contributed by atoms with van der Waals surface area (Å²) in [7, 11) is 0. The summed E-state index contributed by atoms with van der Waals surface area (Å²) in [6, 6.07) is 1.78. The van der Waals surface area contributed by atoms with Crippen molar-refractivity contribution in [1.82, 2.24) is 20.2 Å². The van der Waals surface area contributed by atoms with Crippen LogP contribution in [0.1, 0.15) is 19.3 Å². The maximum absolute atomic E-state index is 12.3. The molecule has 9 nitrogen and oxygen atoms in total. The summed E-state index contributed by atoms with van der Waals surface area (Å²) in [4.78, 5) is 36.7. The summed E-state index contributed by atoms with van der Waals surface area (Å²) in [6.45, 7) is 3.44. The van der Waals surface area contributed by atoms with Gasteiger partial charge in [0.15, 0.2) is 0 Å². The van der Waals surface area contributed by atoms with Gasteiger partial charge in [0.05, 0.1) is 6.10 Å². The number of aromatic nitrogens is 2. The Labute approximate surface area is 177 Å². The number of carbonyl (C=O) groups excluding carboxylic acids is 2. The standard InChI is InChI=1S/C17H26N6O3.2ClH/c18-12-13-2-3-14(26-13)16(25)19-7-4-15(24)22-8-10-23(11-9-22)17-20-5-1-6-21-17;;/h1,5-6,13-14H,2-4,7-12,18H2,(H,19,25);2*1H/t13-,14+;;/m1../s1. The van der Waals surface area contributed by atoms with E-state index in [1.54, 1.807) is 18.5 Å². The minimum Gasteiger partial charge on any atom is -0.364 e. The van der Waals surface area contributed by atoms with Gasteiger partial charge in [0.2, 0.25) is 17.8 Å². The Morgan fingerprint density at radius 3 is 2.43 bits per heavy atom. The SMILES string of the molecule is Cl.Cl.NC[C@H]1CC[C@@H](C(=O)NCCC(=O)N2CCN(c3ncccn3)CC2)O1. The Balaban J connectivity index is 0.00000196. The molecule has 2 aliphatic heterocycles. The van der Waals surface area contributed by atoms with Crippen LogP contribution in [-0.2, 0) is 14.3 Å². The number of ether oxygens (including phenoxy) is 1. The summed E-state index contributed by atoms with van der Waals surface area (Å²) in [6.07, 6.45) is 4.75. The summed E-state index contributed by atoms with van der Waals surface area (Å²) >= 11 is 0. The molecule has 3 heterocycles. The Morgan fingerprint density at radius 1 is 1.14 bits per heavy atom. The molecule has 0 spiro atoms. The lowest BCUT2D eigenvalue weighted by molar-refractivity contribution is -0.133. The number of anilines is 1. The van der Waals surface area contributed by atoms with Crippen LogP contribution in [0, 0.1) is 0 Å². The van der Waals surface area contributed by atoms with E-state index in [9.17, 15) is 9.59 Å². The fraction of sp³-hybridized carbons (Fsp3) is 0.647. The third-order valence-electron chi connectivity index (χ3n) is 4.77. The van der Waals surface area contributed by atoms with Crippen molar-refractivity contribution >= 4 is 42.6 Å². The molecule has 0 saturated carbocycles. The summed E-state index contributed by atoms with van der Waals surface area (Å²) in [5.74, 6) is 0.588. The van der Waals surface area contributed by atoms with Crippen molar-refractivity contribution < 1.29 is 14.3 Å². The first-order valence-corrected chi connectivity index (χ1v) is 9.10. The van der Waals surface area contributed by atoms with Crippen molar-refractivity contribution in [2.45, 2.75) is 31.5 Å². The first-order valence-electron chi connectivity index (χ1n) is 9.10. The molecule has 2 aliphatic rings. The van der Waals surface area contributed by atoms with E-state index in [0.29, 0.717) is 58.1 Å². The van der Waals surface area contributed by atoms with Crippen LogP contribution in [0.15, 0.2) is 18.5 Å². The molecule has 3 N–H and O–H groups in total. The van der Waals surface area contributed by atoms with Crippen molar-refractivity contribution in [2.75, 3.05) is 44.2 Å². The van der Waals surface area contributed by atoms with Crippen LogP contribution < -0.4 is 16.0 Å². The Kier molecular flexibility index (Phi) is 10.4. The molecule has 3 rings (SSSR count). The first kappa shape index (κ1) is 24.4. The lowest BCUT2D eigenvalue weighted by Gasteiger charge is -2.34. The predicted octanol–water partition coefficient (Wildman–Crippen LogP) is -0.0186. The molecule has 1 aromatic heterocycles. The zero-order valence-electron chi connectivity index (χ0n) is 15.7. The maximum Gasteiger partial charge on any atom is 0.249 e. The van der Waals surface area contributed by atoms with Gasteiger partial charge in [-0.15, -0.1) is 24.8 Å². The molecule has 0 radical (unpaired) electrons. The summed E-state index contributed by atoms with van der Waals surface area (Å²) in [5.41, 5.74) is 5.55. The molecule has 28 heavy (non-hydrogen) atoms. The molecule has 11 heteroatoms.